The lowest BCUT2D eigenvalue weighted by Gasteiger charge is -2.07. The number of aromatic nitrogens is 4. The van der Waals surface area contributed by atoms with Crippen molar-refractivity contribution in [3.8, 4) is 11.4 Å². The van der Waals surface area contributed by atoms with E-state index in [1.54, 1.807) is 23.6 Å². The molecule has 3 rings (SSSR count). The van der Waals surface area contributed by atoms with Crippen LogP contribution in [0.5, 0.6) is 5.75 Å². The van der Waals surface area contributed by atoms with Crippen molar-refractivity contribution in [2.24, 2.45) is 0 Å². The predicted molar refractivity (Wildman–Crippen MR) is 103 cm³/mol. The van der Waals surface area contributed by atoms with Crippen molar-refractivity contribution in [3.63, 3.8) is 0 Å². The summed E-state index contributed by atoms with van der Waals surface area (Å²) in [5, 5.41) is 15.1. The number of carbonyl (C=O) groups is 1. The fourth-order valence-electron chi connectivity index (χ4n) is 2.18. The molecule has 0 saturated heterocycles. The number of hydrogen-bond donors (Lipinski definition) is 1. The number of anilines is 1. The molecule has 26 heavy (non-hydrogen) atoms. The molecule has 1 amide bonds. The largest absolute Gasteiger partial charge is 0.497 e. The maximum absolute atomic E-state index is 12.2. The molecule has 134 valence electrons. The van der Waals surface area contributed by atoms with E-state index in [2.05, 4.69) is 20.8 Å². The number of rotatable bonds is 7. The molecule has 3 aromatic rings. The molecule has 9 heteroatoms. The number of hydrogen-bond acceptors (Lipinski definition) is 7. The lowest BCUT2D eigenvalue weighted by Crippen LogP contribution is -2.14. The molecule has 0 aliphatic rings. The average molecular weight is 387 g/mol. The van der Waals surface area contributed by atoms with Crippen LogP contribution >= 0.6 is 23.5 Å². The summed E-state index contributed by atoms with van der Waals surface area (Å²) in [6.45, 7) is 0. The van der Waals surface area contributed by atoms with Gasteiger partial charge in [-0.15, -0.1) is 16.9 Å². The average Bonchev–Trinajstić information content (AvgIpc) is 3.15. The van der Waals surface area contributed by atoms with Gasteiger partial charge in [-0.05, 0) is 59.1 Å². The molecule has 0 aliphatic heterocycles. The Kier molecular flexibility index (Phi) is 6.13. The molecular formula is C17H17N5O2S2. The number of nitrogens with one attached hydrogen (secondary N) is 1. The van der Waals surface area contributed by atoms with Crippen molar-refractivity contribution in [1.82, 2.24) is 20.2 Å². The lowest BCUT2D eigenvalue weighted by molar-refractivity contribution is -0.113. The smallest absolute Gasteiger partial charge is 0.234 e. The Morgan fingerprint density at radius 3 is 2.77 bits per heavy atom. The second-order valence-electron chi connectivity index (χ2n) is 5.14. The quantitative estimate of drug-likeness (QED) is 0.624. The minimum atomic E-state index is -0.113. The first kappa shape index (κ1) is 18.3. The molecule has 0 bridgehead atoms. The van der Waals surface area contributed by atoms with E-state index < -0.39 is 0 Å². The number of amides is 1. The monoisotopic (exact) mass is 387 g/mol. The summed E-state index contributed by atoms with van der Waals surface area (Å²) in [7, 11) is 1.61. The molecule has 0 radical (unpaired) electrons. The number of ether oxygens (including phenoxy) is 1. The van der Waals surface area contributed by atoms with Gasteiger partial charge in [-0.1, -0.05) is 17.8 Å². The third-order valence-corrected chi connectivity index (χ3v) is 5.09. The molecule has 0 spiro atoms. The summed E-state index contributed by atoms with van der Waals surface area (Å²) in [6, 6.07) is 15.1. The second kappa shape index (κ2) is 8.72. The van der Waals surface area contributed by atoms with Crippen molar-refractivity contribution in [1.29, 1.82) is 0 Å². The summed E-state index contributed by atoms with van der Waals surface area (Å²) in [4.78, 5) is 13.3. The van der Waals surface area contributed by atoms with Crippen LogP contribution in [0, 0.1) is 0 Å². The number of methoxy groups -OCH3 is 1. The van der Waals surface area contributed by atoms with Crippen molar-refractivity contribution < 1.29 is 9.53 Å². The molecule has 0 unspecified atom stereocenters. The van der Waals surface area contributed by atoms with Gasteiger partial charge in [0, 0.05) is 10.6 Å². The van der Waals surface area contributed by atoms with Gasteiger partial charge in [0.25, 0.3) is 0 Å². The van der Waals surface area contributed by atoms with E-state index in [0.29, 0.717) is 5.16 Å². The Morgan fingerprint density at radius 2 is 2.04 bits per heavy atom. The standard InChI is InChI=1S/C17H17N5O2S2/c1-24-14-8-6-13(7-9-14)22-17(19-20-21-22)26-11-16(23)18-12-4-3-5-15(10-12)25-2/h3-10H,11H2,1-2H3,(H,18,23). The van der Waals surface area contributed by atoms with Crippen LogP contribution in [0.1, 0.15) is 0 Å². The highest BCUT2D eigenvalue weighted by atomic mass is 32.2. The second-order valence-corrected chi connectivity index (χ2v) is 6.96. The van der Waals surface area contributed by atoms with Gasteiger partial charge in [0.1, 0.15) is 5.75 Å². The van der Waals surface area contributed by atoms with Gasteiger partial charge in [0.2, 0.25) is 11.1 Å². The molecule has 1 N–H and O–H groups in total. The van der Waals surface area contributed by atoms with E-state index in [1.165, 1.54) is 11.8 Å². The van der Waals surface area contributed by atoms with Crippen LogP contribution in [-0.4, -0.2) is 45.2 Å². The number of benzene rings is 2. The van der Waals surface area contributed by atoms with E-state index in [4.69, 9.17) is 4.74 Å². The summed E-state index contributed by atoms with van der Waals surface area (Å²) in [5.41, 5.74) is 1.57. The van der Waals surface area contributed by atoms with Crippen LogP contribution in [0.2, 0.25) is 0 Å². The Balaban J connectivity index is 1.63. The molecular weight excluding hydrogens is 370 g/mol. The number of carbonyl (C=O) groups excluding carboxylic acids is 1. The number of nitrogens with zero attached hydrogens (tertiary/aromatic N) is 4. The van der Waals surface area contributed by atoms with E-state index >= 15 is 0 Å². The number of tetrazole rings is 1. The first-order valence-corrected chi connectivity index (χ1v) is 9.90. The SMILES string of the molecule is COc1ccc(-n2nnnc2SCC(=O)Nc2cccc(SC)c2)cc1. The van der Waals surface area contributed by atoms with Gasteiger partial charge in [0.15, 0.2) is 0 Å². The first-order valence-electron chi connectivity index (χ1n) is 7.69. The van der Waals surface area contributed by atoms with E-state index in [-0.39, 0.29) is 11.7 Å². The summed E-state index contributed by atoms with van der Waals surface area (Å²) >= 11 is 2.90. The van der Waals surface area contributed by atoms with Crippen molar-refractivity contribution in [2.45, 2.75) is 10.1 Å². The Bertz CT molecular complexity index is 883. The topological polar surface area (TPSA) is 81.9 Å². The van der Waals surface area contributed by atoms with E-state index in [1.807, 2.05) is 54.8 Å². The Morgan fingerprint density at radius 1 is 1.23 bits per heavy atom. The van der Waals surface area contributed by atoms with Gasteiger partial charge in [0.05, 0.1) is 18.6 Å². The van der Waals surface area contributed by atoms with Gasteiger partial charge in [-0.25, -0.2) is 0 Å². The van der Waals surface area contributed by atoms with Gasteiger partial charge in [-0.3, -0.25) is 4.79 Å². The third-order valence-electron chi connectivity index (χ3n) is 3.44. The van der Waals surface area contributed by atoms with Crippen LogP contribution < -0.4 is 10.1 Å². The van der Waals surface area contributed by atoms with Crippen LogP contribution in [0.25, 0.3) is 5.69 Å². The van der Waals surface area contributed by atoms with E-state index in [0.717, 1.165) is 22.0 Å². The van der Waals surface area contributed by atoms with Gasteiger partial charge in [-0.2, -0.15) is 4.68 Å². The Hall–Kier alpha value is -2.52. The summed E-state index contributed by atoms with van der Waals surface area (Å²) in [5.74, 6) is 0.848. The Labute approximate surface area is 159 Å². The molecule has 1 heterocycles. The molecule has 2 aromatic carbocycles. The maximum atomic E-state index is 12.2. The summed E-state index contributed by atoms with van der Waals surface area (Å²) in [6.07, 6.45) is 2.00. The minimum Gasteiger partial charge on any atom is -0.497 e. The fraction of sp³-hybridized carbons (Fsp3) is 0.176. The zero-order valence-electron chi connectivity index (χ0n) is 14.2. The minimum absolute atomic E-state index is 0.113. The van der Waals surface area contributed by atoms with Crippen LogP contribution in [-0.2, 0) is 4.79 Å². The lowest BCUT2D eigenvalue weighted by atomic mass is 10.3. The summed E-state index contributed by atoms with van der Waals surface area (Å²) < 4.78 is 6.74. The normalized spacial score (nSPS) is 10.5. The van der Waals surface area contributed by atoms with Gasteiger partial charge < -0.3 is 10.1 Å². The zero-order chi connectivity index (χ0) is 18.4. The van der Waals surface area contributed by atoms with Gasteiger partial charge >= 0.3 is 0 Å². The predicted octanol–water partition coefficient (Wildman–Crippen LogP) is 3.12. The highest BCUT2D eigenvalue weighted by Crippen LogP contribution is 2.22. The van der Waals surface area contributed by atoms with Crippen molar-refractivity contribution in [2.75, 3.05) is 24.4 Å². The number of thioether (sulfide) groups is 2. The molecule has 0 fully saturated rings. The zero-order valence-corrected chi connectivity index (χ0v) is 15.9. The molecule has 0 atom stereocenters. The molecule has 7 nitrogen and oxygen atoms in total. The molecule has 0 saturated carbocycles. The van der Waals surface area contributed by atoms with Crippen LogP contribution in [0.4, 0.5) is 5.69 Å². The van der Waals surface area contributed by atoms with E-state index in [9.17, 15) is 4.79 Å². The maximum Gasteiger partial charge on any atom is 0.234 e. The molecule has 1 aromatic heterocycles. The molecule has 0 aliphatic carbocycles. The highest BCUT2D eigenvalue weighted by Gasteiger charge is 2.12. The van der Waals surface area contributed by atoms with Crippen LogP contribution in [0.15, 0.2) is 58.6 Å². The fourth-order valence-corrected chi connectivity index (χ4v) is 3.33. The first-order chi connectivity index (χ1) is 12.7. The van der Waals surface area contributed by atoms with Crippen LogP contribution in [0.3, 0.4) is 0 Å². The third kappa shape index (κ3) is 4.55. The highest BCUT2D eigenvalue weighted by molar-refractivity contribution is 7.99. The van der Waals surface area contributed by atoms with Crippen molar-refractivity contribution in [3.05, 3.63) is 48.5 Å². The van der Waals surface area contributed by atoms with Crippen molar-refractivity contribution >= 4 is 35.1 Å².